The average Bonchev–Trinajstić information content (AvgIpc) is 3.15. The topological polar surface area (TPSA) is 213 Å². The van der Waals surface area contributed by atoms with Gasteiger partial charge in [0.05, 0.1) is 19.8 Å². The van der Waals surface area contributed by atoms with E-state index in [1.165, 1.54) is 7.11 Å². The zero-order chi connectivity index (χ0) is 42.4. The van der Waals surface area contributed by atoms with Crippen LogP contribution in [-0.4, -0.2) is 131 Å². The van der Waals surface area contributed by atoms with Gasteiger partial charge in [0, 0.05) is 48.7 Å². The van der Waals surface area contributed by atoms with Crippen molar-refractivity contribution < 1.29 is 85.6 Å². The molecule has 2 saturated heterocycles. The molecule has 0 bridgehead atoms. The Hall–Kier alpha value is -4.98. The van der Waals surface area contributed by atoms with Crippen LogP contribution in [0.15, 0.2) is 54.6 Å². The molecule has 0 unspecified atom stereocenters. The maximum absolute atomic E-state index is 12.7. The fourth-order valence-corrected chi connectivity index (χ4v) is 6.40. The molecule has 0 aromatic heterocycles. The van der Waals surface area contributed by atoms with Crippen LogP contribution in [0.5, 0.6) is 0 Å². The molecule has 2 heterocycles. The lowest BCUT2D eigenvalue weighted by Crippen LogP contribution is -2.67. The van der Waals surface area contributed by atoms with Crippen molar-refractivity contribution in [1.82, 2.24) is 0 Å². The molecule has 2 aliphatic rings. The van der Waals surface area contributed by atoms with Gasteiger partial charge in [-0.3, -0.25) is 28.8 Å². The van der Waals surface area contributed by atoms with E-state index in [1.807, 2.05) is 42.5 Å². The van der Waals surface area contributed by atoms with E-state index in [1.54, 1.807) is 12.2 Å². The predicted molar refractivity (Wildman–Crippen MR) is 197 cm³/mol. The monoisotopic (exact) mass is 818 g/mol. The average molecular weight is 819 g/mol. The molecule has 2 aliphatic heterocycles. The number of ether oxygens (including phenoxy) is 12. The van der Waals surface area contributed by atoms with Crippen molar-refractivity contribution in [3.63, 3.8) is 0 Å². The Labute approximate surface area is 335 Å². The number of fused-ring (bicyclic) bond motifs is 1. The third-order valence-electron chi connectivity index (χ3n) is 8.66. The standard InChI is InChI=1S/C40H50O18/c1-22(41)50-20-31-33(52-24(3)43)35(49-17-11-10-16-48-19-28-14-15-29-12-8-9-13-30(29)18-28)37(54-26(5)45)40(57-31)58-36-34(53-25(4)44)32(21-51-23(2)42)56-39(47-7)38(36)55-27(6)46/h8-15,18,31-40H,16-17,19-21H2,1-7H3/b11-10-/t31-,32-,33-,34-,35+,36+,37-,38-,39-,40+/m1/s1. The fraction of sp³-hybridized carbons (Fsp3) is 0.550. The van der Waals surface area contributed by atoms with Gasteiger partial charge in [0.15, 0.2) is 37.0 Å². The molecule has 0 N–H and O–H groups in total. The van der Waals surface area contributed by atoms with Crippen molar-refractivity contribution in [2.24, 2.45) is 0 Å². The van der Waals surface area contributed by atoms with Gasteiger partial charge >= 0.3 is 35.8 Å². The quantitative estimate of drug-likeness (QED) is 0.0915. The summed E-state index contributed by atoms with van der Waals surface area (Å²) < 4.78 is 68.9. The van der Waals surface area contributed by atoms with E-state index in [-0.39, 0.29) is 13.2 Å². The van der Waals surface area contributed by atoms with Crippen LogP contribution in [0.2, 0.25) is 0 Å². The van der Waals surface area contributed by atoms with Crippen LogP contribution >= 0.6 is 0 Å². The Balaban J connectivity index is 1.64. The summed E-state index contributed by atoms with van der Waals surface area (Å²) in [6, 6.07) is 14.0. The number of hydrogen-bond donors (Lipinski definition) is 0. The summed E-state index contributed by atoms with van der Waals surface area (Å²) in [5.74, 6) is -4.58. The first-order valence-corrected chi connectivity index (χ1v) is 18.4. The van der Waals surface area contributed by atoms with Crippen molar-refractivity contribution in [3.8, 4) is 0 Å². The van der Waals surface area contributed by atoms with Crippen LogP contribution < -0.4 is 0 Å². The number of carbonyl (C=O) groups is 6. The Morgan fingerprint density at radius 1 is 0.569 bits per heavy atom. The predicted octanol–water partition coefficient (Wildman–Crippen LogP) is 2.63. The number of methoxy groups -OCH3 is 1. The van der Waals surface area contributed by atoms with Gasteiger partial charge in [-0.25, -0.2) is 0 Å². The van der Waals surface area contributed by atoms with E-state index in [0.717, 1.165) is 57.9 Å². The third-order valence-corrected chi connectivity index (χ3v) is 8.66. The van der Waals surface area contributed by atoms with Crippen LogP contribution in [0, 0.1) is 0 Å². The highest BCUT2D eigenvalue weighted by Crippen LogP contribution is 2.35. The molecular weight excluding hydrogens is 768 g/mol. The molecule has 0 saturated carbocycles. The van der Waals surface area contributed by atoms with E-state index in [4.69, 9.17) is 56.8 Å². The molecule has 2 fully saturated rings. The van der Waals surface area contributed by atoms with Gasteiger partial charge in [0.25, 0.3) is 0 Å². The first-order chi connectivity index (χ1) is 27.7. The van der Waals surface area contributed by atoms with E-state index in [9.17, 15) is 28.8 Å². The Morgan fingerprint density at radius 3 is 1.62 bits per heavy atom. The molecule has 0 amide bonds. The lowest BCUT2D eigenvalue weighted by molar-refractivity contribution is -0.361. The summed E-state index contributed by atoms with van der Waals surface area (Å²) in [6.07, 6.45) is -10.9. The molecule has 10 atom stereocenters. The van der Waals surface area contributed by atoms with Crippen molar-refractivity contribution >= 4 is 46.6 Å². The fourth-order valence-electron chi connectivity index (χ4n) is 6.40. The lowest BCUT2D eigenvalue weighted by Gasteiger charge is -2.48. The van der Waals surface area contributed by atoms with Crippen molar-refractivity contribution in [2.75, 3.05) is 33.5 Å². The normalized spacial score (nSPS) is 27.0. The second kappa shape index (κ2) is 22.2. The van der Waals surface area contributed by atoms with Gasteiger partial charge in [-0.15, -0.1) is 0 Å². The van der Waals surface area contributed by atoms with E-state index < -0.39 is 110 Å². The molecule has 4 rings (SSSR count). The Kier molecular flexibility index (Phi) is 17.5. The summed E-state index contributed by atoms with van der Waals surface area (Å²) in [7, 11) is 1.25. The molecule has 18 heteroatoms. The van der Waals surface area contributed by atoms with Gasteiger partial charge in [0.1, 0.15) is 37.6 Å². The first-order valence-electron chi connectivity index (χ1n) is 18.4. The van der Waals surface area contributed by atoms with Crippen molar-refractivity contribution in [1.29, 1.82) is 0 Å². The van der Waals surface area contributed by atoms with Crippen LogP contribution in [-0.2, 0) is 92.2 Å². The summed E-state index contributed by atoms with van der Waals surface area (Å²) in [4.78, 5) is 73.7. The molecule has 318 valence electrons. The van der Waals surface area contributed by atoms with Gasteiger partial charge in [-0.2, -0.15) is 0 Å². The van der Waals surface area contributed by atoms with E-state index >= 15 is 0 Å². The highest BCUT2D eigenvalue weighted by molar-refractivity contribution is 5.83. The van der Waals surface area contributed by atoms with Crippen LogP contribution in [0.3, 0.4) is 0 Å². The molecule has 18 nitrogen and oxygen atoms in total. The molecule has 58 heavy (non-hydrogen) atoms. The van der Waals surface area contributed by atoms with Crippen LogP contribution in [0.25, 0.3) is 10.8 Å². The Bertz CT molecular complexity index is 1760. The van der Waals surface area contributed by atoms with Gasteiger partial charge < -0.3 is 56.8 Å². The second-order valence-corrected chi connectivity index (χ2v) is 13.3. The minimum absolute atomic E-state index is 0.133. The smallest absolute Gasteiger partial charge is 0.303 e. The first kappa shape index (κ1) is 45.7. The summed E-state index contributed by atoms with van der Waals surface area (Å²) in [6.45, 7) is 6.26. The zero-order valence-corrected chi connectivity index (χ0v) is 33.4. The zero-order valence-electron chi connectivity index (χ0n) is 33.4. The number of rotatable bonds is 18. The number of carbonyl (C=O) groups excluding carboxylic acids is 6. The van der Waals surface area contributed by atoms with Gasteiger partial charge in [-0.05, 0) is 22.4 Å². The SMILES string of the molecule is CO[C@@H]1O[C@H](COC(C)=O)[C@@H](OC(C)=O)[C@H](O[C@@H]2O[C@H](COC(C)=O)[C@@H](OC(C)=O)[C@H](OC/C=C\COCc3ccc4ccccc4c3)[C@H]2OC(C)=O)[C@H]1OC(C)=O. The maximum atomic E-state index is 12.7. The van der Waals surface area contributed by atoms with Crippen molar-refractivity contribution in [2.45, 2.75) is 110 Å². The molecule has 0 spiro atoms. The summed E-state index contributed by atoms with van der Waals surface area (Å²) in [5, 5.41) is 2.20. The summed E-state index contributed by atoms with van der Waals surface area (Å²) >= 11 is 0. The highest BCUT2D eigenvalue weighted by Gasteiger charge is 2.57. The van der Waals surface area contributed by atoms with E-state index in [2.05, 4.69) is 0 Å². The van der Waals surface area contributed by atoms with Crippen LogP contribution in [0.4, 0.5) is 0 Å². The molecule has 2 aromatic rings. The lowest BCUT2D eigenvalue weighted by atomic mass is 9.96. The second-order valence-electron chi connectivity index (χ2n) is 13.3. The maximum Gasteiger partial charge on any atom is 0.303 e. The minimum Gasteiger partial charge on any atom is -0.463 e. The van der Waals surface area contributed by atoms with Crippen LogP contribution in [0.1, 0.15) is 47.1 Å². The molecule has 0 radical (unpaired) electrons. The largest absolute Gasteiger partial charge is 0.463 e. The third kappa shape index (κ3) is 13.6. The van der Waals surface area contributed by atoms with Gasteiger partial charge in [0.2, 0.25) is 0 Å². The Morgan fingerprint density at radius 2 is 1.07 bits per heavy atom. The minimum atomic E-state index is -1.68. The molecule has 0 aliphatic carbocycles. The number of hydrogen-bond acceptors (Lipinski definition) is 18. The number of esters is 6. The highest BCUT2D eigenvalue weighted by atomic mass is 16.8. The molecule has 2 aromatic carbocycles. The van der Waals surface area contributed by atoms with E-state index in [0.29, 0.717) is 6.61 Å². The van der Waals surface area contributed by atoms with Gasteiger partial charge in [-0.1, -0.05) is 48.6 Å². The molecular formula is C40H50O18. The van der Waals surface area contributed by atoms with Crippen molar-refractivity contribution in [3.05, 3.63) is 60.2 Å². The summed E-state index contributed by atoms with van der Waals surface area (Å²) in [5.41, 5.74) is 0.981. The number of benzene rings is 2.